The second-order valence-corrected chi connectivity index (χ2v) is 7.13. The molecule has 1 aromatic rings. The smallest absolute Gasteiger partial charge is 0.239 e. The normalized spacial score (nSPS) is 17.3. The van der Waals surface area contributed by atoms with Crippen LogP contribution >= 0.6 is 35.6 Å². The number of carbonyl (C=O) groups is 1. The Morgan fingerprint density at radius 3 is 2.74 bits per heavy atom. The van der Waals surface area contributed by atoms with Crippen LogP contribution in [0.4, 0.5) is 0 Å². The number of amides is 1. The lowest BCUT2D eigenvalue weighted by atomic mass is 10.2. The van der Waals surface area contributed by atoms with Crippen molar-refractivity contribution in [3.05, 3.63) is 34.9 Å². The second-order valence-electron chi connectivity index (χ2n) is 6.72. The number of aliphatic imine (C=N–C) groups is 1. The third kappa shape index (κ3) is 7.46. The molecule has 27 heavy (non-hydrogen) atoms. The van der Waals surface area contributed by atoms with E-state index in [1.165, 1.54) is 0 Å². The van der Waals surface area contributed by atoms with Gasteiger partial charge in [-0.05, 0) is 37.4 Å². The minimum Gasteiger partial charge on any atom is -0.356 e. The highest BCUT2D eigenvalue weighted by Crippen LogP contribution is 2.18. The van der Waals surface area contributed by atoms with E-state index in [9.17, 15) is 4.79 Å². The van der Waals surface area contributed by atoms with Crippen molar-refractivity contribution in [2.75, 3.05) is 40.8 Å². The first-order valence-corrected chi connectivity index (χ1v) is 9.54. The monoisotopic (exact) mass is 507 g/mol. The Bertz CT molecular complexity index is 626. The number of nitrogens with zero attached hydrogens (tertiary/aromatic N) is 3. The van der Waals surface area contributed by atoms with E-state index in [2.05, 4.69) is 20.5 Å². The number of benzene rings is 1. The number of likely N-dealkylation sites (N-methyl/N-ethyl adjacent to an activating group) is 1. The molecule has 1 aliphatic heterocycles. The first-order valence-electron chi connectivity index (χ1n) is 9.16. The summed E-state index contributed by atoms with van der Waals surface area (Å²) in [6.07, 6.45) is 3.02. The molecule has 2 rings (SSSR count). The van der Waals surface area contributed by atoms with Crippen LogP contribution in [0.25, 0.3) is 0 Å². The van der Waals surface area contributed by atoms with Crippen LogP contribution in [0, 0.1) is 0 Å². The van der Waals surface area contributed by atoms with Gasteiger partial charge in [-0.2, -0.15) is 0 Å². The van der Waals surface area contributed by atoms with Gasteiger partial charge in [0.25, 0.3) is 0 Å². The highest BCUT2D eigenvalue weighted by atomic mass is 127. The third-order valence-electron chi connectivity index (χ3n) is 4.63. The van der Waals surface area contributed by atoms with Gasteiger partial charge in [-0.3, -0.25) is 14.7 Å². The zero-order valence-corrected chi connectivity index (χ0v) is 19.5. The number of halogens is 2. The fourth-order valence-corrected chi connectivity index (χ4v) is 3.40. The van der Waals surface area contributed by atoms with E-state index in [0.29, 0.717) is 6.54 Å². The molecule has 1 aliphatic rings. The third-order valence-corrected chi connectivity index (χ3v) is 5.00. The lowest BCUT2D eigenvalue weighted by molar-refractivity contribution is -0.133. The van der Waals surface area contributed by atoms with Crippen molar-refractivity contribution in [1.82, 2.24) is 20.4 Å². The van der Waals surface area contributed by atoms with Crippen LogP contribution in [0.5, 0.6) is 0 Å². The molecule has 1 fully saturated rings. The van der Waals surface area contributed by atoms with Gasteiger partial charge in [0.2, 0.25) is 5.91 Å². The maximum atomic E-state index is 12.2. The minimum atomic E-state index is 0. The molecule has 2 N–H and O–H groups in total. The zero-order chi connectivity index (χ0) is 18.9. The summed E-state index contributed by atoms with van der Waals surface area (Å²) in [5, 5.41) is 7.35. The highest BCUT2D eigenvalue weighted by molar-refractivity contribution is 14.0. The Morgan fingerprint density at radius 1 is 1.33 bits per heavy atom. The summed E-state index contributed by atoms with van der Waals surface area (Å²) >= 11 is 6.17. The number of carbonyl (C=O) groups excluding carboxylic acids is 1. The fraction of sp³-hybridized carbons (Fsp3) is 0.579. The average Bonchev–Trinajstić information content (AvgIpc) is 3.10. The molecule has 1 saturated heterocycles. The molecule has 0 radical (unpaired) electrons. The molecule has 8 heteroatoms. The van der Waals surface area contributed by atoms with Crippen molar-refractivity contribution in [2.24, 2.45) is 4.99 Å². The SMILES string of the molecule is CN=C(NCCCN1CCCC1C(=O)N(C)C)NCc1ccccc1Cl.I. The fourth-order valence-electron chi connectivity index (χ4n) is 3.20. The van der Waals surface area contributed by atoms with Gasteiger partial charge >= 0.3 is 0 Å². The number of guanidine groups is 1. The van der Waals surface area contributed by atoms with Gasteiger partial charge in [-0.25, -0.2) is 0 Å². The molecule has 152 valence electrons. The lowest BCUT2D eigenvalue weighted by Gasteiger charge is -2.26. The van der Waals surface area contributed by atoms with Crippen molar-refractivity contribution in [3.63, 3.8) is 0 Å². The highest BCUT2D eigenvalue weighted by Gasteiger charge is 2.30. The molecule has 1 amide bonds. The Balaban J connectivity index is 0.00000364. The summed E-state index contributed by atoms with van der Waals surface area (Å²) in [5.41, 5.74) is 1.04. The summed E-state index contributed by atoms with van der Waals surface area (Å²) in [4.78, 5) is 20.5. The molecule has 1 heterocycles. The summed E-state index contributed by atoms with van der Waals surface area (Å²) in [6, 6.07) is 7.82. The summed E-state index contributed by atoms with van der Waals surface area (Å²) < 4.78 is 0. The Morgan fingerprint density at radius 2 is 2.07 bits per heavy atom. The summed E-state index contributed by atoms with van der Waals surface area (Å²) in [5.74, 6) is 0.972. The first kappa shape index (κ1) is 24.0. The van der Waals surface area contributed by atoms with E-state index >= 15 is 0 Å². The van der Waals surface area contributed by atoms with Crippen molar-refractivity contribution in [2.45, 2.75) is 31.8 Å². The van der Waals surface area contributed by atoms with E-state index in [0.717, 1.165) is 55.4 Å². The Kier molecular flexibility index (Phi) is 11.0. The van der Waals surface area contributed by atoms with Crippen molar-refractivity contribution >= 4 is 47.4 Å². The van der Waals surface area contributed by atoms with Crippen molar-refractivity contribution < 1.29 is 4.79 Å². The van der Waals surface area contributed by atoms with Crippen LogP contribution in [0.3, 0.4) is 0 Å². The first-order chi connectivity index (χ1) is 12.5. The Labute approximate surface area is 184 Å². The molecule has 1 aromatic carbocycles. The van der Waals surface area contributed by atoms with E-state index in [4.69, 9.17) is 11.6 Å². The predicted molar refractivity (Wildman–Crippen MR) is 123 cm³/mol. The molecule has 1 unspecified atom stereocenters. The quantitative estimate of drug-likeness (QED) is 0.258. The number of likely N-dealkylation sites (tertiary alicyclic amines) is 1. The minimum absolute atomic E-state index is 0. The van der Waals surface area contributed by atoms with Crippen molar-refractivity contribution in [3.8, 4) is 0 Å². The predicted octanol–water partition coefficient (Wildman–Crippen LogP) is 2.57. The van der Waals surface area contributed by atoms with Gasteiger partial charge in [-0.15, -0.1) is 24.0 Å². The second kappa shape index (κ2) is 12.4. The van der Waals surface area contributed by atoms with Crippen LogP contribution in [0.15, 0.2) is 29.3 Å². The standard InChI is InChI=1S/C19H30ClN5O.HI/c1-21-19(23-14-15-8-4-5-9-16(15)20)22-11-7-13-25-12-6-10-17(25)18(26)24(2)3;/h4-5,8-9,17H,6-7,10-14H2,1-3H3,(H2,21,22,23);1H. The van der Waals surface area contributed by atoms with Crippen LogP contribution in [-0.4, -0.2) is 68.5 Å². The maximum absolute atomic E-state index is 12.2. The maximum Gasteiger partial charge on any atom is 0.239 e. The molecule has 0 saturated carbocycles. The van der Waals surface area contributed by atoms with Crippen molar-refractivity contribution in [1.29, 1.82) is 0 Å². The summed E-state index contributed by atoms with van der Waals surface area (Å²) in [6.45, 7) is 3.36. The molecule has 0 aromatic heterocycles. The zero-order valence-electron chi connectivity index (χ0n) is 16.4. The van der Waals surface area contributed by atoms with Crippen LogP contribution in [-0.2, 0) is 11.3 Å². The molecular weight excluding hydrogens is 477 g/mol. The summed E-state index contributed by atoms with van der Waals surface area (Å²) in [7, 11) is 5.41. The van der Waals surface area contributed by atoms with Gasteiger partial charge in [0.1, 0.15) is 0 Å². The molecule has 0 bridgehead atoms. The van der Waals surface area contributed by atoms with Crippen LogP contribution in [0.1, 0.15) is 24.8 Å². The Hall–Kier alpha value is -1.06. The molecule has 0 aliphatic carbocycles. The lowest BCUT2D eigenvalue weighted by Crippen LogP contribution is -2.44. The molecule has 6 nitrogen and oxygen atoms in total. The van der Waals surface area contributed by atoms with Gasteiger partial charge in [0.15, 0.2) is 5.96 Å². The molecule has 0 spiro atoms. The van der Waals surface area contributed by atoms with Gasteiger partial charge in [-0.1, -0.05) is 29.8 Å². The molecule has 1 atom stereocenters. The van der Waals surface area contributed by atoms with Crippen LogP contribution < -0.4 is 10.6 Å². The number of nitrogens with one attached hydrogen (secondary N) is 2. The number of hydrogen-bond donors (Lipinski definition) is 2. The topological polar surface area (TPSA) is 60.0 Å². The van der Waals surface area contributed by atoms with E-state index in [-0.39, 0.29) is 35.9 Å². The number of rotatable bonds is 7. The largest absolute Gasteiger partial charge is 0.356 e. The number of hydrogen-bond acceptors (Lipinski definition) is 3. The van der Waals surface area contributed by atoms with E-state index < -0.39 is 0 Å². The average molecular weight is 508 g/mol. The molecular formula is C19H31ClIN5O. The van der Waals surface area contributed by atoms with Gasteiger partial charge in [0.05, 0.1) is 6.04 Å². The van der Waals surface area contributed by atoms with Gasteiger partial charge in [0, 0.05) is 45.8 Å². The van der Waals surface area contributed by atoms with Gasteiger partial charge < -0.3 is 15.5 Å². The van der Waals surface area contributed by atoms with E-state index in [1.54, 1.807) is 11.9 Å². The van der Waals surface area contributed by atoms with E-state index in [1.807, 2.05) is 38.4 Å². The van der Waals surface area contributed by atoms with Crippen LogP contribution in [0.2, 0.25) is 5.02 Å².